The number of Topliss-reactive ketones (excluding diaryl/α,β-unsaturated/α-hetero) is 1. The van der Waals surface area contributed by atoms with Crippen LogP contribution >= 0.6 is 15.9 Å². The maximum absolute atomic E-state index is 13.1. The monoisotopic (exact) mass is 454 g/mol. The fourth-order valence-electron chi connectivity index (χ4n) is 4.57. The highest BCUT2D eigenvalue weighted by atomic mass is 79.9. The van der Waals surface area contributed by atoms with Gasteiger partial charge in [0.2, 0.25) is 6.79 Å². The third kappa shape index (κ3) is 2.24. The van der Waals surface area contributed by atoms with Gasteiger partial charge in [-0.05, 0) is 29.7 Å². The van der Waals surface area contributed by atoms with Crippen LogP contribution in [0.15, 0.2) is 23.0 Å². The Bertz CT molecular complexity index is 1310. The topological polar surface area (TPSA) is 90.7 Å². The van der Waals surface area contributed by atoms with Gasteiger partial charge in [0.1, 0.15) is 6.10 Å². The third-order valence-corrected chi connectivity index (χ3v) is 6.61. The van der Waals surface area contributed by atoms with E-state index in [-0.39, 0.29) is 24.6 Å². The fraction of sp³-hybridized carbons (Fsp3) is 0.286. The number of pyridine rings is 2. The molecule has 146 valence electrons. The van der Waals surface area contributed by atoms with Gasteiger partial charge in [0.05, 0.1) is 23.4 Å². The highest BCUT2D eigenvalue weighted by molar-refractivity contribution is 9.08. The standard InChI is InChI=1S/C21H15BrN2O5/c22-6-12-10-4-17-18(29-8-28-17)5-14(10)23-19-13(12)7-24-15(19)3-11-9(21(24)27)1-2-16(25)20(11)26/h3-5,20,26H,1-2,6-8H2. The average Bonchev–Trinajstić information content (AvgIpc) is 3.32. The van der Waals surface area contributed by atoms with E-state index in [0.29, 0.717) is 52.3 Å². The number of aromatic nitrogens is 2. The quantitative estimate of drug-likeness (QED) is 0.444. The Morgan fingerprint density at radius 2 is 1.93 bits per heavy atom. The zero-order valence-corrected chi connectivity index (χ0v) is 16.8. The number of halogens is 1. The van der Waals surface area contributed by atoms with Gasteiger partial charge in [-0.3, -0.25) is 9.59 Å². The van der Waals surface area contributed by atoms with Gasteiger partial charge in [0.25, 0.3) is 5.56 Å². The summed E-state index contributed by atoms with van der Waals surface area (Å²) in [5.74, 6) is 1.08. The zero-order chi connectivity index (χ0) is 19.9. The lowest BCUT2D eigenvalue weighted by Crippen LogP contribution is -2.31. The molecule has 3 aliphatic rings. The smallest absolute Gasteiger partial charge is 0.254 e. The van der Waals surface area contributed by atoms with Crippen molar-refractivity contribution in [1.82, 2.24) is 9.55 Å². The Hall–Kier alpha value is -2.71. The third-order valence-electron chi connectivity index (χ3n) is 6.05. The van der Waals surface area contributed by atoms with Crippen LogP contribution in [-0.4, -0.2) is 27.2 Å². The zero-order valence-electron chi connectivity index (χ0n) is 15.2. The van der Waals surface area contributed by atoms with E-state index in [1.54, 1.807) is 10.6 Å². The van der Waals surface area contributed by atoms with Crippen LogP contribution in [0.3, 0.4) is 0 Å². The molecule has 8 heteroatoms. The molecule has 2 aliphatic heterocycles. The predicted octanol–water partition coefficient (Wildman–Crippen LogP) is 2.60. The van der Waals surface area contributed by atoms with Gasteiger partial charge in [-0.25, -0.2) is 4.98 Å². The number of hydrogen-bond donors (Lipinski definition) is 1. The molecule has 0 spiro atoms. The molecule has 2 aromatic heterocycles. The lowest BCUT2D eigenvalue weighted by Gasteiger charge is -2.21. The maximum Gasteiger partial charge on any atom is 0.254 e. The number of aliphatic hydroxyl groups excluding tert-OH is 1. The highest BCUT2D eigenvalue weighted by Gasteiger charge is 2.33. The molecule has 1 atom stereocenters. The second-order valence-corrected chi connectivity index (χ2v) is 8.06. The predicted molar refractivity (Wildman–Crippen MR) is 108 cm³/mol. The van der Waals surface area contributed by atoms with E-state index in [0.717, 1.165) is 22.0 Å². The summed E-state index contributed by atoms with van der Waals surface area (Å²) in [5, 5.41) is 11.9. The van der Waals surface area contributed by atoms with Crippen LogP contribution in [0.1, 0.15) is 34.8 Å². The number of aliphatic hydroxyl groups is 1. The van der Waals surface area contributed by atoms with Crippen molar-refractivity contribution in [2.24, 2.45) is 0 Å². The minimum absolute atomic E-state index is 0.152. The minimum atomic E-state index is -1.24. The molecule has 3 aromatic rings. The molecule has 1 aromatic carbocycles. The van der Waals surface area contributed by atoms with Gasteiger partial charge in [0.15, 0.2) is 17.3 Å². The molecular weight excluding hydrogens is 440 g/mol. The molecule has 0 fully saturated rings. The summed E-state index contributed by atoms with van der Waals surface area (Å²) < 4.78 is 12.7. The lowest BCUT2D eigenvalue weighted by molar-refractivity contribution is -0.128. The maximum atomic E-state index is 13.1. The van der Waals surface area contributed by atoms with Crippen LogP contribution < -0.4 is 15.0 Å². The number of benzene rings is 1. The lowest BCUT2D eigenvalue weighted by atomic mass is 9.89. The summed E-state index contributed by atoms with van der Waals surface area (Å²) in [4.78, 5) is 30.0. The van der Waals surface area contributed by atoms with Crippen molar-refractivity contribution in [3.8, 4) is 22.9 Å². The average molecular weight is 455 g/mol. The second kappa shape index (κ2) is 5.90. The summed E-state index contributed by atoms with van der Waals surface area (Å²) in [7, 11) is 0. The Balaban J connectivity index is 1.65. The number of ketones is 1. The van der Waals surface area contributed by atoms with Crippen LogP contribution in [0.25, 0.3) is 22.3 Å². The molecular formula is C21H15BrN2O5. The number of carbonyl (C=O) groups is 1. The van der Waals surface area contributed by atoms with E-state index in [1.165, 1.54) is 0 Å². The molecule has 1 aliphatic carbocycles. The molecule has 0 bridgehead atoms. The molecule has 7 nitrogen and oxygen atoms in total. The second-order valence-electron chi connectivity index (χ2n) is 7.50. The molecule has 1 N–H and O–H groups in total. The summed E-state index contributed by atoms with van der Waals surface area (Å²) in [6.45, 7) is 0.602. The minimum Gasteiger partial charge on any atom is -0.454 e. The molecule has 4 heterocycles. The number of rotatable bonds is 1. The number of carbonyl (C=O) groups excluding carboxylic acids is 1. The summed E-state index contributed by atoms with van der Waals surface area (Å²) in [6.07, 6.45) is -0.690. The Morgan fingerprint density at radius 3 is 2.72 bits per heavy atom. The van der Waals surface area contributed by atoms with Gasteiger partial charge < -0.3 is 19.1 Å². The Kier molecular flexibility index (Phi) is 3.49. The normalized spacial score (nSPS) is 18.7. The van der Waals surface area contributed by atoms with Gasteiger partial charge in [-0.15, -0.1) is 0 Å². The van der Waals surface area contributed by atoms with Crippen molar-refractivity contribution in [3.63, 3.8) is 0 Å². The number of fused-ring (bicyclic) bond motifs is 6. The van der Waals surface area contributed by atoms with Crippen LogP contribution in [-0.2, 0) is 23.1 Å². The van der Waals surface area contributed by atoms with E-state index in [4.69, 9.17) is 14.5 Å². The first-order chi connectivity index (χ1) is 14.1. The first-order valence-corrected chi connectivity index (χ1v) is 10.5. The van der Waals surface area contributed by atoms with Crippen LogP contribution in [0.2, 0.25) is 0 Å². The number of alkyl halides is 1. The molecule has 6 rings (SSSR count). The summed E-state index contributed by atoms with van der Waals surface area (Å²) >= 11 is 3.59. The molecule has 0 saturated heterocycles. The van der Waals surface area contributed by atoms with Crippen molar-refractivity contribution in [2.45, 2.75) is 30.8 Å². The SMILES string of the molecule is O=C1CCc2c(cc3n(c2=O)Cc2c-3nc3cc4c(cc3c2CBr)OCO4)C1O. The van der Waals surface area contributed by atoms with Crippen LogP contribution in [0.4, 0.5) is 0 Å². The van der Waals surface area contributed by atoms with Gasteiger partial charge in [-0.1, -0.05) is 15.9 Å². The first-order valence-electron chi connectivity index (χ1n) is 9.35. The van der Waals surface area contributed by atoms with Crippen molar-refractivity contribution >= 4 is 32.6 Å². The molecule has 0 radical (unpaired) electrons. The van der Waals surface area contributed by atoms with E-state index < -0.39 is 6.10 Å². The number of hydrogen-bond acceptors (Lipinski definition) is 6. The summed E-state index contributed by atoms with van der Waals surface area (Å²) in [5.41, 5.74) is 4.89. The van der Waals surface area contributed by atoms with Crippen molar-refractivity contribution < 1.29 is 19.4 Å². The van der Waals surface area contributed by atoms with Gasteiger partial charge in [-0.2, -0.15) is 0 Å². The van der Waals surface area contributed by atoms with Gasteiger partial charge in [0, 0.05) is 34.3 Å². The number of nitrogens with zero attached hydrogens (tertiary/aromatic N) is 2. The van der Waals surface area contributed by atoms with E-state index in [1.807, 2.05) is 12.1 Å². The Labute approximate surface area is 173 Å². The summed E-state index contributed by atoms with van der Waals surface area (Å²) in [6, 6.07) is 5.54. The first kappa shape index (κ1) is 17.2. The highest BCUT2D eigenvalue weighted by Crippen LogP contribution is 2.42. The van der Waals surface area contributed by atoms with E-state index >= 15 is 0 Å². The molecule has 1 unspecified atom stereocenters. The van der Waals surface area contributed by atoms with E-state index in [2.05, 4.69) is 15.9 Å². The molecule has 29 heavy (non-hydrogen) atoms. The molecule has 0 saturated carbocycles. The molecule has 0 amide bonds. The van der Waals surface area contributed by atoms with Crippen molar-refractivity contribution in [2.75, 3.05) is 6.79 Å². The van der Waals surface area contributed by atoms with Gasteiger partial charge >= 0.3 is 0 Å². The Morgan fingerprint density at radius 1 is 1.14 bits per heavy atom. The largest absolute Gasteiger partial charge is 0.454 e. The van der Waals surface area contributed by atoms with E-state index in [9.17, 15) is 14.7 Å². The fourth-order valence-corrected chi connectivity index (χ4v) is 5.21. The number of ether oxygens (including phenoxy) is 2. The van der Waals surface area contributed by atoms with Crippen LogP contribution in [0.5, 0.6) is 11.5 Å². The van der Waals surface area contributed by atoms with Crippen LogP contribution in [0, 0.1) is 0 Å². The van der Waals surface area contributed by atoms with Crippen molar-refractivity contribution in [3.05, 3.63) is 50.8 Å². The van der Waals surface area contributed by atoms with Crippen molar-refractivity contribution in [1.29, 1.82) is 0 Å².